The number of carbonyl (C=O) groups excluding carboxylic acids is 3. The molecule has 1 aromatic heterocycles. The summed E-state index contributed by atoms with van der Waals surface area (Å²) >= 11 is 0. The number of ether oxygens (including phenoxy) is 1. The van der Waals surface area contributed by atoms with Gasteiger partial charge in [-0.05, 0) is 36.6 Å². The molecule has 10 heteroatoms. The number of rotatable bonds is 9. The summed E-state index contributed by atoms with van der Waals surface area (Å²) in [5, 5.41) is 5.27. The van der Waals surface area contributed by atoms with Crippen molar-refractivity contribution >= 4 is 34.4 Å². The number of hydrogen-bond donors (Lipinski definition) is 3. The summed E-state index contributed by atoms with van der Waals surface area (Å²) in [4.78, 5) is 38.4. The van der Waals surface area contributed by atoms with Crippen LogP contribution in [-0.2, 0) is 25.5 Å². The average molecular weight is 447 g/mol. The van der Waals surface area contributed by atoms with Crippen LogP contribution in [0.2, 0.25) is 0 Å². The molecule has 0 radical (unpaired) electrons. The van der Waals surface area contributed by atoms with E-state index in [1.165, 1.54) is 0 Å². The molecule has 0 aliphatic carbocycles. The smallest absolute Gasteiger partial charge is 0.306 e. The van der Waals surface area contributed by atoms with Crippen LogP contribution in [-0.4, -0.2) is 35.9 Å². The molecule has 0 bridgehead atoms. The monoisotopic (exact) mass is 447 g/mol. The van der Waals surface area contributed by atoms with Crippen molar-refractivity contribution < 1.29 is 32.3 Å². The lowest BCUT2D eigenvalue weighted by atomic mass is 10.1. The molecule has 0 aliphatic rings. The molecule has 0 saturated heterocycles. The van der Waals surface area contributed by atoms with Crippen LogP contribution in [0.1, 0.15) is 18.4 Å². The van der Waals surface area contributed by atoms with Crippen molar-refractivity contribution in [3.63, 3.8) is 0 Å². The molecule has 32 heavy (non-hydrogen) atoms. The van der Waals surface area contributed by atoms with Crippen molar-refractivity contribution in [3.8, 4) is 0 Å². The molecule has 3 aromatic rings. The number of halogens is 3. The number of amides is 2. The van der Waals surface area contributed by atoms with Crippen LogP contribution in [0.25, 0.3) is 10.9 Å². The highest BCUT2D eigenvalue weighted by atomic mass is 19.2. The topological polar surface area (TPSA) is 100 Å². The summed E-state index contributed by atoms with van der Waals surface area (Å²) in [5.41, 5.74) is 1.53. The minimum Gasteiger partial charge on any atom is -0.456 e. The van der Waals surface area contributed by atoms with Gasteiger partial charge in [0.25, 0.3) is 5.91 Å². The number of fused-ring (bicyclic) bond motifs is 1. The molecule has 0 aliphatic heterocycles. The minimum absolute atomic E-state index is 0.114. The molecule has 7 nitrogen and oxygen atoms in total. The van der Waals surface area contributed by atoms with Gasteiger partial charge in [0, 0.05) is 23.5 Å². The fraction of sp³-hybridized carbons (Fsp3) is 0.227. The van der Waals surface area contributed by atoms with E-state index >= 15 is 0 Å². The molecule has 2 amide bonds. The molecule has 168 valence electrons. The van der Waals surface area contributed by atoms with Gasteiger partial charge >= 0.3 is 5.97 Å². The number of para-hydroxylation sites is 1. The summed E-state index contributed by atoms with van der Waals surface area (Å²) < 4.78 is 44.4. The van der Waals surface area contributed by atoms with Crippen LogP contribution in [0.3, 0.4) is 0 Å². The number of carbonyl (C=O) groups is 3. The Kier molecular flexibility index (Phi) is 7.48. The first-order valence-electron chi connectivity index (χ1n) is 9.76. The Hall–Kier alpha value is -3.82. The number of nitrogens with one attached hydrogen (secondary N) is 3. The second kappa shape index (κ2) is 10.5. The van der Waals surface area contributed by atoms with Crippen molar-refractivity contribution in [2.75, 3.05) is 18.5 Å². The van der Waals surface area contributed by atoms with Crippen LogP contribution in [0, 0.1) is 17.5 Å². The SMILES string of the molecule is O=C(COC(=O)CCCc1c[nH]c2ccccc12)NCC(=O)Nc1ccc(F)c(F)c1F. The lowest BCUT2D eigenvalue weighted by molar-refractivity contribution is -0.148. The van der Waals surface area contributed by atoms with Crippen molar-refractivity contribution in [3.05, 3.63) is 65.6 Å². The number of esters is 1. The Morgan fingerprint density at radius 1 is 0.969 bits per heavy atom. The Labute approximate surface area is 180 Å². The molecule has 2 aromatic carbocycles. The van der Waals surface area contributed by atoms with Gasteiger partial charge in [0.1, 0.15) is 0 Å². The van der Waals surface area contributed by atoms with Gasteiger partial charge in [-0.15, -0.1) is 0 Å². The van der Waals surface area contributed by atoms with Gasteiger partial charge in [-0.3, -0.25) is 14.4 Å². The third kappa shape index (κ3) is 5.87. The van der Waals surface area contributed by atoms with E-state index in [4.69, 9.17) is 4.74 Å². The van der Waals surface area contributed by atoms with E-state index in [0.29, 0.717) is 18.9 Å². The van der Waals surface area contributed by atoms with Crippen molar-refractivity contribution in [1.29, 1.82) is 0 Å². The number of aryl methyl sites for hydroxylation is 1. The fourth-order valence-corrected chi connectivity index (χ4v) is 3.03. The highest BCUT2D eigenvalue weighted by Crippen LogP contribution is 2.20. The first-order chi connectivity index (χ1) is 15.3. The van der Waals surface area contributed by atoms with E-state index in [2.05, 4.69) is 10.3 Å². The summed E-state index contributed by atoms with van der Waals surface area (Å²) in [5.74, 6) is -6.83. The average Bonchev–Trinajstić information content (AvgIpc) is 3.20. The van der Waals surface area contributed by atoms with Crippen LogP contribution >= 0.6 is 0 Å². The maximum absolute atomic E-state index is 13.5. The number of aromatic amines is 1. The first kappa shape index (κ1) is 22.9. The number of benzene rings is 2. The van der Waals surface area contributed by atoms with E-state index in [1.807, 2.05) is 35.8 Å². The van der Waals surface area contributed by atoms with E-state index < -0.39 is 54.1 Å². The zero-order valence-electron chi connectivity index (χ0n) is 16.8. The third-order valence-electron chi connectivity index (χ3n) is 4.62. The van der Waals surface area contributed by atoms with Crippen LogP contribution < -0.4 is 10.6 Å². The van der Waals surface area contributed by atoms with Gasteiger partial charge in [0.15, 0.2) is 24.1 Å². The Balaban J connectivity index is 1.34. The summed E-state index contributed by atoms with van der Waals surface area (Å²) in [6.07, 6.45) is 3.19. The summed E-state index contributed by atoms with van der Waals surface area (Å²) in [6, 6.07) is 9.31. The van der Waals surface area contributed by atoms with Gasteiger partial charge in [-0.25, -0.2) is 13.2 Å². The molecule has 0 saturated carbocycles. The summed E-state index contributed by atoms with van der Waals surface area (Å²) in [6.45, 7) is -1.16. The standard InChI is InChI=1S/C22H20F3N3O4/c23-15-8-9-17(22(25)21(15)24)28-18(29)11-27-19(30)12-32-20(31)7-3-4-13-10-26-16-6-2-1-5-14(13)16/h1-2,5-6,8-10,26H,3-4,7,11-12H2,(H,27,30)(H,28,29). The van der Waals surface area contributed by atoms with E-state index in [9.17, 15) is 27.6 Å². The Morgan fingerprint density at radius 3 is 2.56 bits per heavy atom. The number of anilines is 1. The molecular weight excluding hydrogens is 427 g/mol. The largest absolute Gasteiger partial charge is 0.456 e. The quantitative estimate of drug-likeness (QED) is 0.346. The van der Waals surface area contributed by atoms with Crippen molar-refractivity contribution in [1.82, 2.24) is 10.3 Å². The van der Waals surface area contributed by atoms with Gasteiger partial charge in [-0.1, -0.05) is 18.2 Å². The second-order valence-corrected chi connectivity index (χ2v) is 6.92. The second-order valence-electron chi connectivity index (χ2n) is 6.92. The van der Waals surface area contributed by atoms with E-state index in [-0.39, 0.29) is 6.42 Å². The minimum atomic E-state index is -1.72. The molecule has 0 spiro atoms. The number of aromatic nitrogens is 1. The predicted molar refractivity (Wildman–Crippen MR) is 110 cm³/mol. The third-order valence-corrected chi connectivity index (χ3v) is 4.62. The lowest BCUT2D eigenvalue weighted by Gasteiger charge is -2.09. The van der Waals surface area contributed by atoms with E-state index in [1.54, 1.807) is 0 Å². The van der Waals surface area contributed by atoms with Gasteiger partial charge in [0.05, 0.1) is 12.2 Å². The molecule has 0 fully saturated rings. The first-order valence-corrected chi connectivity index (χ1v) is 9.76. The van der Waals surface area contributed by atoms with Gasteiger partial charge in [-0.2, -0.15) is 0 Å². The zero-order valence-corrected chi connectivity index (χ0v) is 16.8. The lowest BCUT2D eigenvalue weighted by Crippen LogP contribution is -2.35. The maximum atomic E-state index is 13.5. The number of hydrogen-bond acceptors (Lipinski definition) is 4. The normalized spacial score (nSPS) is 10.7. The van der Waals surface area contributed by atoms with Crippen molar-refractivity contribution in [2.45, 2.75) is 19.3 Å². The molecule has 1 heterocycles. The maximum Gasteiger partial charge on any atom is 0.306 e. The van der Waals surface area contributed by atoms with Gasteiger partial charge in [0.2, 0.25) is 5.91 Å². The highest BCUT2D eigenvalue weighted by molar-refractivity contribution is 5.95. The highest BCUT2D eigenvalue weighted by Gasteiger charge is 2.16. The molecule has 3 N–H and O–H groups in total. The zero-order chi connectivity index (χ0) is 23.1. The fourth-order valence-electron chi connectivity index (χ4n) is 3.03. The molecular formula is C22H20F3N3O4. The van der Waals surface area contributed by atoms with Crippen molar-refractivity contribution in [2.24, 2.45) is 0 Å². The van der Waals surface area contributed by atoms with Crippen LogP contribution in [0.15, 0.2) is 42.6 Å². The predicted octanol–water partition coefficient (Wildman–Crippen LogP) is 3.21. The Morgan fingerprint density at radius 2 is 1.75 bits per heavy atom. The molecule has 0 atom stereocenters. The Bertz CT molecular complexity index is 1150. The van der Waals surface area contributed by atoms with Crippen LogP contribution in [0.4, 0.5) is 18.9 Å². The van der Waals surface area contributed by atoms with Crippen LogP contribution in [0.5, 0.6) is 0 Å². The molecule has 0 unspecified atom stereocenters. The van der Waals surface area contributed by atoms with E-state index in [0.717, 1.165) is 22.5 Å². The molecule has 3 rings (SSSR count). The summed E-state index contributed by atoms with van der Waals surface area (Å²) in [7, 11) is 0. The number of H-pyrrole nitrogens is 1. The van der Waals surface area contributed by atoms with Gasteiger partial charge < -0.3 is 20.4 Å².